The summed E-state index contributed by atoms with van der Waals surface area (Å²) in [6.45, 7) is 1.94. The number of allylic oxidation sites excluding steroid dienone is 1. The largest absolute Gasteiger partial charge is 0.331 e. The highest BCUT2D eigenvalue weighted by molar-refractivity contribution is 4.81. The summed E-state index contributed by atoms with van der Waals surface area (Å²) in [5.41, 5.74) is 0. The number of hydrogen-bond acceptors (Lipinski definition) is 3. The van der Waals surface area contributed by atoms with Crippen molar-refractivity contribution in [2.45, 2.75) is 19.3 Å². The molecule has 3 heteroatoms. The van der Waals surface area contributed by atoms with Crippen LogP contribution in [-0.4, -0.2) is 27.3 Å². The lowest BCUT2D eigenvalue weighted by atomic mass is 10.3. The average Bonchev–Trinajstić information content (AvgIpc) is 2.08. The van der Waals surface area contributed by atoms with Crippen molar-refractivity contribution < 1.29 is 14.2 Å². The molecule has 0 N–H and O–H groups in total. The first kappa shape index (κ1) is 10.6. The van der Waals surface area contributed by atoms with E-state index in [9.17, 15) is 0 Å². The van der Waals surface area contributed by atoms with Crippen molar-refractivity contribution in [3.8, 4) is 0 Å². The molecule has 0 aliphatic heterocycles. The van der Waals surface area contributed by atoms with E-state index in [1.165, 1.54) is 0 Å². The van der Waals surface area contributed by atoms with Gasteiger partial charge in [-0.3, -0.25) is 0 Å². The van der Waals surface area contributed by atoms with Gasteiger partial charge >= 0.3 is 0 Å². The fourth-order valence-corrected chi connectivity index (χ4v) is 0.762. The Hall–Kier alpha value is -0.380. The van der Waals surface area contributed by atoms with Crippen LogP contribution in [0.2, 0.25) is 0 Å². The van der Waals surface area contributed by atoms with E-state index in [1.54, 1.807) is 21.3 Å². The van der Waals surface area contributed by atoms with E-state index in [0.29, 0.717) is 6.42 Å². The second-order valence-electron chi connectivity index (χ2n) is 2.07. The van der Waals surface area contributed by atoms with Gasteiger partial charge in [0, 0.05) is 27.8 Å². The zero-order chi connectivity index (χ0) is 8.74. The van der Waals surface area contributed by atoms with Gasteiger partial charge in [-0.15, -0.1) is 0 Å². The van der Waals surface area contributed by atoms with Crippen LogP contribution in [0.5, 0.6) is 0 Å². The zero-order valence-electron chi connectivity index (χ0n) is 7.59. The summed E-state index contributed by atoms with van der Waals surface area (Å²) < 4.78 is 15.1. The Morgan fingerprint density at radius 1 is 1.09 bits per heavy atom. The Kier molecular flexibility index (Phi) is 5.11. The van der Waals surface area contributed by atoms with Crippen LogP contribution in [0.4, 0.5) is 0 Å². The van der Waals surface area contributed by atoms with E-state index in [1.807, 2.05) is 19.1 Å². The molecule has 11 heavy (non-hydrogen) atoms. The van der Waals surface area contributed by atoms with Crippen molar-refractivity contribution in [2.24, 2.45) is 0 Å². The third kappa shape index (κ3) is 3.01. The highest BCUT2D eigenvalue weighted by Gasteiger charge is 2.27. The Labute approximate surface area is 67.9 Å². The first-order valence-electron chi connectivity index (χ1n) is 3.51. The zero-order valence-corrected chi connectivity index (χ0v) is 7.59. The van der Waals surface area contributed by atoms with E-state index >= 15 is 0 Å². The molecule has 0 amide bonds. The molecule has 0 spiro atoms. The third-order valence-corrected chi connectivity index (χ3v) is 1.54. The highest BCUT2D eigenvalue weighted by Crippen LogP contribution is 2.17. The van der Waals surface area contributed by atoms with Crippen molar-refractivity contribution in [3.05, 3.63) is 12.2 Å². The quantitative estimate of drug-likeness (QED) is 0.451. The van der Waals surface area contributed by atoms with E-state index in [0.717, 1.165) is 0 Å². The molecule has 0 bridgehead atoms. The summed E-state index contributed by atoms with van der Waals surface area (Å²) in [6, 6.07) is 0. The number of methoxy groups -OCH3 is 3. The van der Waals surface area contributed by atoms with Gasteiger partial charge in [-0.25, -0.2) is 0 Å². The van der Waals surface area contributed by atoms with Crippen molar-refractivity contribution >= 4 is 0 Å². The highest BCUT2D eigenvalue weighted by atomic mass is 16.9. The molecule has 0 saturated heterocycles. The minimum Gasteiger partial charge on any atom is -0.331 e. The van der Waals surface area contributed by atoms with Gasteiger partial charge in [0.15, 0.2) is 0 Å². The van der Waals surface area contributed by atoms with Crippen LogP contribution < -0.4 is 0 Å². The summed E-state index contributed by atoms with van der Waals surface area (Å²) in [5.74, 6) is -0.910. The van der Waals surface area contributed by atoms with Gasteiger partial charge in [0.2, 0.25) is 0 Å². The van der Waals surface area contributed by atoms with Crippen LogP contribution in [0.3, 0.4) is 0 Å². The molecule has 0 unspecified atom stereocenters. The maximum absolute atomic E-state index is 5.04. The van der Waals surface area contributed by atoms with E-state index in [2.05, 4.69) is 0 Å². The van der Waals surface area contributed by atoms with Crippen molar-refractivity contribution in [1.82, 2.24) is 0 Å². The van der Waals surface area contributed by atoms with Crippen molar-refractivity contribution in [1.29, 1.82) is 0 Å². The minimum absolute atomic E-state index is 0.590. The van der Waals surface area contributed by atoms with Gasteiger partial charge in [0.1, 0.15) is 0 Å². The van der Waals surface area contributed by atoms with Crippen LogP contribution in [-0.2, 0) is 14.2 Å². The molecule has 0 fully saturated rings. The molecule has 0 saturated carbocycles. The fourth-order valence-electron chi connectivity index (χ4n) is 0.762. The number of rotatable bonds is 5. The smallest absolute Gasteiger partial charge is 0.285 e. The lowest BCUT2D eigenvalue weighted by molar-refractivity contribution is -0.349. The molecule has 0 rings (SSSR count). The van der Waals surface area contributed by atoms with Crippen LogP contribution in [0, 0.1) is 0 Å². The Bertz CT molecular complexity index is 108. The lowest BCUT2D eigenvalue weighted by Crippen LogP contribution is -2.35. The van der Waals surface area contributed by atoms with Gasteiger partial charge in [0.25, 0.3) is 5.97 Å². The van der Waals surface area contributed by atoms with Crippen LogP contribution >= 0.6 is 0 Å². The summed E-state index contributed by atoms with van der Waals surface area (Å²) >= 11 is 0. The second-order valence-corrected chi connectivity index (χ2v) is 2.07. The van der Waals surface area contributed by atoms with E-state index in [4.69, 9.17) is 14.2 Å². The van der Waals surface area contributed by atoms with E-state index in [-0.39, 0.29) is 0 Å². The molecule has 0 radical (unpaired) electrons. The third-order valence-electron chi connectivity index (χ3n) is 1.54. The molecule has 0 atom stereocenters. The fraction of sp³-hybridized carbons (Fsp3) is 0.750. The molecular weight excluding hydrogens is 144 g/mol. The van der Waals surface area contributed by atoms with Crippen molar-refractivity contribution in [2.75, 3.05) is 21.3 Å². The normalized spacial score (nSPS) is 12.7. The topological polar surface area (TPSA) is 27.7 Å². The first-order chi connectivity index (χ1) is 5.24. The molecule has 0 aromatic carbocycles. The second kappa shape index (κ2) is 5.29. The van der Waals surface area contributed by atoms with Crippen LogP contribution in [0.1, 0.15) is 13.3 Å². The predicted molar refractivity (Wildman–Crippen MR) is 43.2 cm³/mol. The van der Waals surface area contributed by atoms with Crippen LogP contribution in [0.25, 0.3) is 0 Å². The molecule has 0 aromatic heterocycles. The maximum Gasteiger partial charge on any atom is 0.285 e. The molecular formula is C8H16O3. The molecule has 0 aliphatic carbocycles. The monoisotopic (exact) mass is 160 g/mol. The Balaban J connectivity index is 4.04. The van der Waals surface area contributed by atoms with Gasteiger partial charge in [0.05, 0.1) is 0 Å². The Morgan fingerprint density at radius 2 is 1.55 bits per heavy atom. The summed E-state index contributed by atoms with van der Waals surface area (Å²) in [6.07, 6.45) is 4.44. The Morgan fingerprint density at radius 3 is 1.82 bits per heavy atom. The summed E-state index contributed by atoms with van der Waals surface area (Å²) in [5, 5.41) is 0. The SMILES string of the molecule is C/C=C/CC(OC)(OC)OC. The molecule has 3 nitrogen and oxygen atoms in total. The molecule has 66 valence electrons. The van der Waals surface area contributed by atoms with E-state index < -0.39 is 5.97 Å². The summed E-state index contributed by atoms with van der Waals surface area (Å²) in [4.78, 5) is 0. The maximum atomic E-state index is 5.04. The average molecular weight is 160 g/mol. The standard InChI is InChI=1S/C8H16O3/c1-5-6-7-8(9-2,10-3)11-4/h5-6H,7H2,1-4H3/b6-5+. The first-order valence-corrected chi connectivity index (χ1v) is 3.51. The van der Waals surface area contributed by atoms with Crippen LogP contribution in [0.15, 0.2) is 12.2 Å². The molecule has 0 heterocycles. The number of hydrogen-bond donors (Lipinski definition) is 0. The van der Waals surface area contributed by atoms with Crippen molar-refractivity contribution in [3.63, 3.8) is 0 Å². The minimum atomic E-state index is -0.910. The van der Waals surface area contributed by atoms with Gasteiger partial charge in [-0.05, 0) is 6.92 Å². The van der Waals surface area contributed by atoms with Gasteiger partial charge in [-0.1, -0.05) is 12.2 Å². The van der Waals surface area contributed by atoms with Gasteiger partial charge in [-0.2, -0.15) is 0 Å². The van der Waals surface area contributed by atoms with Gasteiger partial charge < -0.3 is 14.2 Å². The molecule has 0 aromatic rings. The predicted octanol–water partition coefficient (Wildman–Crippen LogP) is 1.55. The lowest BCUT2D eigenvalue weighted by Gasteiger charge is -2.27. The summed E-state index contributed by atoms with van der Waals surface area (Å²) in [7, 11) is 4.66. The number of ether oxygens (including phenoxy) is 3. The molecule has 0 aliphatic rings.